The predicted molar refractivity (Wildman–Crippen MR) is 42.3 cm³/mol. The Morgan fingerprint density at radius 1 is 1.36 bits per heavy atom. The van der Waals surface area contributed by atoms with Crippen molar-refractivity contribution in [1.29, 1.82) is 0 Å². The van der Waals surface area contributed by atoms with Crippen LogP contribution < -0.4 is 5.32 Å². The normalized spacial score (nSPS) is 23.8. The van der Waals surface area contributed by atoms with Crippen LogP contribution in [0.25, 0.3) is 0 Å². The molecule has 1 atom stereocenters. The van der Waals surface area contributed by atoms with Crippen LogP contribution in [0.2, 0.25) is 0 Å². The van der Waals surface area contributed by atoms with E-state index >= 15 is 0 Å². The van der Waals surface area contributed by atoms with Crippen molar-refractivity contribution in [3.63, 3.8) is 0 Å². The molecule has 3 heteroatoms. The summed E-state index contributed by atoms with van der Waals surface area (Å²) in [7, 11) is 0. The van der Waals surface area contributed by atoms with Crippen molar-refractivity contribution in [3.8, 4) is 0 Å². The molecule has 1 saturated heterocycles. The van der Waals surface area contributed by atoms with Crippen LogP contribution >= 0.6 is 0 Å². The molecule has 11 heavy (non-hydrogen) atoms. The van der Waals surface area contributed by atoms with Gasteiger partial charge < -0.3 is 5.32 Å². The van der Waals surface area contributed by atoms with Crippen LogP contribution in [0.4, 0.5) is 0 Å². The van der Waals surface area contributed by atoms with Gasteiger partial charge in [-0.25, -0.2) is 9.97 Å². The van der Waals surface area contributed by atoms with E-state index < -0.39 is 0 Å². The maximum Gasteiger partial charge on any atom is 0.132 e. The third kappa shape index (κ3) is 1.38. The Balaban J connectivity index is 2.16. The lowest BCUT2D eigenvalue weighted by molar-refractivity contribution is 0.701. The Bertz CT molecular complexity index is 216. The van der Waals surface area contributed by atoms with Crippen molar-refractivity contribution in [1.82, 2.24) is 15.3 Å². The van der Waals surface area contributed by atoms with Gasteiger partial charge in [-0.15, -0.1) is 0 Å². The van der Waals surface area contributed by atoms with Crippen LogP contribution in [0.3, 0.4) is 0 Å². The van der Waals surface area contributed by atoms with Crippen molar-refractivity contribution in [3.05, 3.63) is 24.3 Å². The minimum absolute atomic E-state index is 0.538. The summed E-state index contributed by atoms with van der Waals surface area (Å²) in [6, 6.07) is 1.85. The van der Waals surface area contributed by atoms with E-state index in [1.165, 1.54) is 6.42 Å². The van der Waals surface area contributed by atoms with Gasteiger partial charge in [-0.05, 0) is 19.0 Å². The maximum atomic E-state index is 4.21. The number of nitrogens with one attached hydrogen (secondary N) is 1. The number of rotatable bonds is 1. The summed E-state index contributed by atoms with van der Waals surface area (Å²) < 4.78 is 0. The van der Waals surface area contributed by atoms with Crippen LogP contribution in [-0.4, -0.2) is 23.1 Å². The third-order valence-electron chi connectivity index (χ3n) is 2.01. The molecule has 1 fully saturated rings. The van der Waals surface area contributed by atoms with Crippen molar-refractivity contribution in [2.75, 3.05) is 13.1 Å². The molecular weight excluding hydrogens is 138 g/mol. The van der Waals surface area contributed by atoms with Crippen LogP contribution in [-0.2, 0) is 0 Å². The average molecular weight is 149 g/mol. The topological polar surface area (TPSA) is 37.8 Å². The van der Waals surface area contributed by atoms with Crippen LogP contribution in [0.15, 0.2) is 18.5 Å². The van der Waals surface area contributed by atoms with Gasteiger partial charge in [0.15, 0.2) is 0 Å². The zero-order chi connectivity index (χ0) is 7.52. The van der Waals surface area contributed by atoms with Crippen LogP contribution in [0.1, 0.15) is 18.2 Å². The summed E-state index contributed by atoms with van der Waals surface area (Å²) in [4.78, 5) is 8.42. The highest BCUT2D eigenvalue weighted by Gasteiger charge is 2.17. The average Bonchev–Trinajstić information content (AvgIpc) is 2.58. The van der Waals surface area contributed by atoms with Crippen LogP contribution in [0, 0.1) is 0 Å². The quantitative estimate of drug-likeness (QED) is 0.633. The summed E-state index contributed by atoms with van der Waals surface area (Å²) in [5, 5.41) is 3.29. The van der Waals surface area contributed by atoms with E-state index in [1.54, 1.807) is 12.4 Å². The minimum Gasteiger partial charge on any atom is -0.316 e. The Hall–Kier alpha value is -0.960. The highest BCUT2D eigenvalue weighted by atomic mass is 14.9. The van der Waals surface area contributed by atoms with Gasteiger partial charge in [-0.3, -0.25) is 0 Å². The zero-order valence-electron chi connectivity index (χ0n) is 6.33. The van der Waals surface area contributed by atoms with Gasteiger partial charge in [-0.2, -0.15) is 0 Å². The first-order valence-corrected chi connectivity index (χ1v) is 3.94. The van der Waals surface area contributed by atoms with E-state index in [1.807, 2.05) is 6.07 Å². The Labute approximate surface area is 65.9 Å². The molecule has 2 rings (SSSR count). The smallest absolute Gasteiger partial charge is 0.132 e. The molecule has 1 aliphatic heterocycles. The summed E-state index contributed by atoms with van der Waals surface area (Å²) >= 11 is 0. The molecule has 3 nitrogen and oxygen atoms in total. The number of hydrogen-bond donors (Lipinski definition) is 1. The van der Waals surface area contributed by atoms with Gasteiger partial charge in [0.05, 0.1) is 0 Å². The molecule has 1 N–H and O–H groups in total. The lowest BCUT2D eigenvalue weighted by Crippen LogP contribution is -2.09. The van der Waals surface area contributed by atoms with Gasteiger partial charge in [0.25, 0.3) is 0 Å². The fourth-order valence-electron chi connectivity index (χ4n) is 1.40. The highest BCUT2D eigenvalue weighted by Crippen LogP contribution is 2.16. The highest BCUT2D eigenvalue weighted by molar-refractivity contribution is 5.00. The molecule has 0 aliphatic carbocycles. The van der Waals surface area contributed by atoms with Crippen molar-refractivity contribution in [2.45, 2.75) is 12.3 Å². The molecular formula is C8H11N3. The lowest BCUT2D eigenvalue weighted by Gasteiger charge is -2.03. The lowest BCUT2D eigenvalue weighted by atomic mass is 10.1. The predicted octanol–water partition coefficient (Wildman–Crippen LogP) is 0.554. The Morgan fingerprint density at radius 3 is 2.82 bits per heavy atom. The van der Waals surface area contributed by atoms with E-state index in [-0.39, 0.29) is 0 Å². The van der Waals surface area contributed by atoms with Gasteiger partial charge in [0.2, 0.25) is 0 Å². The number of hydrogen-bond acceptors (Lipinski definition) is 3. The second-order valence-corrected chi connectivity index (χ2v) is 2.80. The van der Waals surface area contributed by atoms with Gasteiger partial charge in [0.1, 0.15) is 5.82 Å². The first-order chi connectivity index (χ1) is 5.47. The summed E-state index contributed by atoms with van der Waals surface area (Å²) in [6.45, 7) is 2.13. The molecule has 0 saturated carbocycles. The van der Waals surface area contributed by atoms with E-state index in [2.05, 4.69) is 15.3 Å². The number of aromatic nitrogens is 2. The molecule has 1 aliphatic rings. The molecule has 0 aromatic carbocycles. The molecule has 0 bridgehead atoms. The summed E-state index contributed by atoms with van der Waals surface area (Å²) in [5.41, 5.74) is 0. The Morgan fingerprint density at radius 2 is 2.18 bits per heavy atom. The first kappa shape index (κ1) is 6.73. The zero-order valence-corrected chi connectivity index (χ0v) is 6.33. The first-order valence-electron chi connectivity index (χ1n) is 3.94. The van der Waals surface area contributed by atoms with Crippen molar-refractivity contribution < 1.29 is 0 Å². The SMILES string of the molecule is c1cnc([C@H]2CCNC2)nc1. The van der Waals surface area contributed by atoms with E-state index in [4.69, 9.17) is 0 Å². The van der Waals surface area contributed by atoms with E-state index in [0.29, 0.717) is 5.92 Å². The van der Waals surface area contributed by atoms with Crippen molar-refractivity contribution in [2.24, 2.45) is 0 Å². The van der Waals surface area contributed by atoms with E-state index in [9.17, 15) is 0 Å². The van der Waals surface area contributed by atoms with E-state index in [0.717, 1.165) is 18.9 Å². The molecule has 58 valence electrons. The molecule has 1 aromatic rings. The molecule has 0 amide bonds. The Kier molecular flexibility index (Phi) is 1.81. The van der Waals surface area contributed by atoms with Gasteiger partial charge >= 0.3 is 0 Å². The summed E-state index contributed by atoms with van der Waals surface area (Å²) in [6.07, 6.45) is 4.78. The fourth-order valence-corrected chi connectivity index (χ4v) is 1.40. The molecule has 0 unspecified atom stereocenters. The standard InChI is InChI=1S/C8H11N3/c1-3-10-8(11-4-1)7-2-5-9-6-7/h1,3-4,7,9H,2,5-6H2/t7-/m0/s1. The second kappa shape index (κ2) is 2.96. The maximum absolute atomic E-state index is 4.21. The van der Waals surface area contributed by atoms with Crippen molar-refractivity contribution >= 4 is 0 Å². The number of nitrogens with zero attached hydrogens (tertiary/aromatic N) is 2. The second-order valence-electron chi connectivity index (χ2n) is 2.80. The van der Waals surface area contributed by atoms with Crippen LogP contribution in [0.5, 0.6) is 0 Å². The largest absolute Gasteiger partial charge is 0.316 e. The van der Waals surface area contributed by atoms with Gasteiger partial charge in [0, 0.05) is 24.9 Å². The minimum atomic E-state index is 0.538. The molecule has 1 aromatic heterocycles. The van der Waals surface area contributed by atoms with Gasteiger partial charge in [-0.1, -0.05) is 0 Å². The third-order valence-corrected chi connectivity index (χ3v) is 2.01. The molecule has 0 spiro atoms. The fraction of sp³-hybridized carbons (Fsp3) is 0.500. The summed E-state index contributed by atoms with van der Waals surface area (Å²) in [5.74, 6) is 1.52. The monoisotopic (exact) mass is 149 g/mol. The molecule has 2 heterocycles. The molecule has 0 radical (unpaired) electrons.